The van der Waals surface area contributed by atoms with E-state index in [2.05, 4.69) is 10.1 Å². The van der Waals surface area contributed by atoms with E-state index in [1.54, 1.807) is 12.1 Å². The number of carbonyl (C=O) groups excluding carboxylic acids is 1. The van der Waals surface area contributed by atoms with Crippen LogP contribution < -0.4 is 4.74 Å². The maximum atomic E-state index is 12.6. The van der Waals surface area contributed by atoms with Gasteiger partial charge in [-0.1, -0.05) is 41.7 Å². The van der Waals surface area contributed by atoms with Crippen LogP contribution in [0.4, 0.5) is 0 Å². The van der Waals surface area contributed by atoms with Crippen molar-refractivity contribution in [1.82, 2.24) is 15.0 Å². The van der Waals surface area contributed by atoms with Gasteiger partial charge in [-0.05, 0) is 43.7 Å². The Morgan fingerprint density at radius 2 is 2.04 bits per heavy atom. The van der Waals surface area contributed by atoms with Crippen molar-refractivity contribution in [1.29, 1.82) is 0 Å². The van der Waals surface area contributed by atoms with E-state index in [-0.39, 0.29) is 18.6 Å². The van der Waals surface area contributed by atoms with Gasteiger partial charge in [-0.15, -0.1) is 0 Å². The van der Waals surface area contributed by atoms with E-state index in [0.29, 0.717) is 28.4 Å². The lowest BCUT2D eigenvalue weighted by atomic mass is 9.78. The minimum absolute atomic E-state index is 0.000839. The van der Waals surface area contributed by atoms with Gasteiger partial charge in [0.15, 0.2) is 6.61 Å². The zero-order valence-electron chi connectivity index (χ0n) is 14.6. The van der Waals surface area contributed by atoms with E-state index >= 15 is 0 Å². The number of likely N-dealkylation sites (tertiary alicyclic amines) is 1. The number of hydrogen-bond acceptors (Lipinski definition) is 5. The predicted molar refractivity (Wildman–Crippen MR) is 96.9 cm³/mol. The van der Waals surface area contributed by atoms with Crippen LogP contribution in [0.5, 0.6) is 6.08 Å². The van der Waals surface area contributed by atoms with Crippen LogP contribution in [0.3, 0.4) is 0 Å². The molecule has 2 aromatic rings. The first-order valence-corrected chi connectivity index (χ1v) is 9.61. The Morgan fingerprint density at radius 1 is 1.23 bits per heavy atom. The summed E-state index contributed by atoms with van der Waals surface area (Å²) in [5.74, 6) is 0.999. The second-order valence-corrected chi connectivity index (χ2v) is 7.40. The van der Waals surface area contributed by atoms with Crippen molar-refractivity contribution in [3.8, 4) is 17.5 Å². The topological polar surface area (TPSA) is 68.5 Å². The highest BCUT2D eigenvalue weighted by molar-refractivity contribution is 6.33. The minimum atomic E-state index is -0.0760. The van der Waals surface area contributed by atoms with Crippen LogP contribution in [-0.2, 0) is 4.79 Å². The molecule has 2 unspecified atom stereocenters. The van der Waals surface area contributed by atoms with Crippen molar-refractivity contribution in [3.05, 3.63) is 29.3 Å². The van der Waals surface area contributed by atoms with E-state index in [1.165, 1.54) is 25.7 Å². The standard InChI is InChI=1S/C19H22ClN3O3/c20-15-9-3-2-8-14(15)18-21-19(26-22-18)25-12-17(24)23-11-5-7-13-6-1-4-10-16(13)23/h2-3,8-9,13,16H,1,4-7,10-12H2. The number of carbonyl (C=O) groups is 1. The number of rotatable bonds is 4. The molecule has 0 N–H and O–H groups in total. The Hall–Kier alpha value is -2.08. The molecular weight excluding hydrogens is 354 g/mol. The summed E-state index contributed by atoms with van der Waals surface area (Å²) >= 11 is 6.14. The molecule has 1 aromatic carbocycles. The molecule has 138 valence electrons. The largest absolute Gasteiger partial charge is 0.439 e. The molecule has 7 heteroatoms. The molecule has 2 atom stereocenters. The Labute approximate surface area is 157 Å². The van der Waals surface area contributed by atoms with Gasteiger partial charge in [0.2, 0.25) is 5.82 Å². The van der Waals surface area contributed by atoms with Crippen molar-refractivity contribution >= 4 is 17.5 Å². The van der Waals surface area contributed by atoms with Gasteiger partial charge in [-0.25, -0.2) is 0 Å². The molecule has 1 aromatic heterocycles. The number of aromatic nitrogens is 2. The third kappa shape index (κ3) is 3.56. The lowest BCUT2D eigenvalue weighted by molar-refractivity contribution is -0.140. The molecule has 0 radical (unpaired) electrons. The summed E-state index contributed by atoms with van der Waals surface area (Å²) in [6, 6.07) is 7.61. The van der Waals surface area contributed by atoms with Gasteiger partial charge in [0, 0.05) is 18.2 Å². The molecule has 2 heterocycles. The average Bonchev–Trinajstić information content (AvgIpc) is 3.15. The minimum Gasteiger partial charge on any atom is -0.439 e. The van der Waals surface area contributed by atoms with E-state index in [0.717, 1.165) is 19.4 Å². The number of piperidine rings is 1. The van der Waals surface area contributed by atoms with Crippen molar-refractivity contribution in [3.63, 3.8) is 0 Å². The molecule has 1 aliphatic carbocycles. The van der Waals surface area contributed by atoms with Crippen molar-refractivity contribution < 1.29 is 14.1 Å². The van der Waals surface area contributed by atoms with E-state index in [1.807, 2.05) is 17.0 Å². The van der Waals surface area contributed by atoms with Crippen LogP contribution in [0.2, 0.25) is 5.02 Å². The van der Waals surface area contributed by atoms with Gasteiger partial charge in [0.1, 0.15) is 0 Å². The van der Waals surface area contributed by atoms with Crippen molar-refractivity contribution in [2.24, 2.45) is 5.92 Å². The van der Waals surface area contributed by atoms with Gasteiger partial charge in [0.05, 0.1) is 5.02 Å². The third-order valence-corrected chi connectivity index (χ3v) is 5.73. The lowest BCUT2D eigenvalue weighted by Crippen LogP contribution is -2.51. The highest BCUT2D eigenvalue weighted by atomic mass is 35.5. The molecule has 26 heavy (non-hydrogen) atoms. The molecule has 4 rings (SSSR count). The fourth-order valence-electron chi connectivity index (χ4n) is 4.16. The molecule has 6 nitrogen and oxygen atoms in total. The molecule has 1 saturated carbocycles. The fraction of sp³-hybridized carbons (Fsp3) is 0.526. The smallest absolute Gasteiger partial charge is 0.418 e. The SMILES string of the molecule is O=C(COc1nc(-c2ccccc2Cl)no1)N1CCCC2CCCCC21. The van der Waals surface area contributed by atoms with Gasteiger partial charge in [-0.3, -0.25) is 9.32 Å². The predicted octanol–water partition coefficient (Wildman–Crippen LogP) is 3.95. The summed E-state index contributed by atoms with van der Waals surface area (Å²) in [7, 11) is 0. The average molecular weight is 376 g/mol. The normalized spacial score (nSPS) is 22.7. The Bertz CT molecular complexity index is 777. The first-order chi connectivity index (χ1) is 12.7. The van der Waals surface area contributed by atoms with Crippen molar-refractivity contribution in [2.45, 2.75) is 44.6 Å². The van der Waals surface area contributed by atoms with Gasteiger partial charge in [-0.2, -0.15) is 4.98 Å². The Morgan fingerprint density at radius 3 is 2.92 bits per heavy atom. The van der Waals surface area contributed by atoms with Crippen LogP contribution in [0.1, 0.15) is 38.5 Å². The number of amides is 1. The van der Waals surface area contributed by atoms with Gasteiger partial charge in [0.25, 0.3) is 5.91 Å². The maximum Gasteiger partial charge on any atom is 0.418 e. The monoisotopic (exact) mass is 375 g/mol. The third-order valence-electron chi connectivity index (χ3n) is 5.40. The van der Waals surface area contributed by atoms with Crippen LogP contribution in [0.25, 0.3) is 11.4 Å². The highest BCUT2D eigenvalue weighted by Crippen LogP contribution is 2.35. The molecule has 1 amide bonds. The molecule has 0 bridgehead atoms. The maximum absolute atomic E-state index is 12.6. The van der Waals surface area contributed by atoms with E-state index in [9.17, 15) is 4.79 Å². The summed E-state index contributed by atoms with van der Waals surface area (Å²) in [6.07, 6.45) is 7.13. The lowest BCUT2D eigenvalue weighted by Gasteiger charge is -2.44. The Balaban J connectivity index is 1.38. The second-order valence-electron chi connectivity index (χ2n) is 6.99. The molecule has 2 aliphatic rings. The fourth-order valence-corrected chi connectivity index (χ4v) is 4.38. The summed E-state index contributed by atoms with van der Waals surface area (Å²) in [5.41, 5.74) is 0.667. The highest BCUT2D eigenvalue weighted by Gasteiger charge is 2.35. The van der Waals surface area contributed by atoms with Gasteiger partial charge >= 0.3 is 6.08 Å². The molecule has 0 spiro atoms. The number of fused-ring (bicyclic) bond motifs is 1. The van der Waals surface area contributed by atoms with Crippen molar-refractivity contribution in [2.75, 3.05) is 13.2 Å². The summed E-state index contributed by atoms with van der Waals surface area (Å²) < 4.78 is 10.6. The number of hydrogen-bond donors (Lipinski definition) is 0. The molecular formula is C19H22ClN3O3. The summed E-state index contributed by atoms with van der Waals surface area (Å²) in [5, 5.41) is 4.42. The van der Waals surface area contributed by atoms with Gasteiger partial charge < -0.3 is 9.64 Å². The quantitative estimate of drug-likeness (QED) is 0.809. The van der Waals surface area contributed by atoms with Crippen LogP contribution >= 0.6 is 11.6 Å². The Kier molecular flexibility index (Phi) is 5.11. The van der Waals surface area contributed by atoms with Crippen LogP contribution in [0, 0.1) is 5.92 Å². The number of halogens is 1. The van der Waals surface area contributed by atoms with E-state index in [4.69, 9.17) is 20.9 Å². The molecule has 1 saturated heterocycles. The summed E-state index contributed by atoms with van der Waals surface area (Å²) in [4.78, 5) is 18.8. The van der Waals surface area contributed by atoms with Crippen LogP contribution in [-0.4, -0.2) is 40.1 Å². The molecule has 1 aliphatic heterocycles. The zero-order valence-corrected chi connectivity index (χ0v) is 15.3. The number of benzene rings is 1. The van der Waals surface area contributed by atoms with Crippen LogP contribution in [0.15, 0.2) is 28.8 Å². The summed E-state index contributed by atoms with van der Waals surface area (Å²) in [6.45, 7) is 0.742. The second kappa shape index (κ2) is 7.66. The molecule has 2 fully saturated rings. The first kappa shape index (κ1) is 17.3. The number of nitrogens with zero attached hydrogens (tertiary/aromatic N) is 3. The number of ether oxygens (including phenoxy) is 1. The van der Waals surface area contributed by atoms with E-state index < -0.39 is 0 Å². The zero-order chi connectivity index (χ0) is 17.9. The first-order valence-electron chi connectivity index (χ1n) is 9.23.